The van der Waals surface area contributed by atoms with Crippen LogP contribution in [0, 0.1) is 6.92 Å². The van der Waals surface area contributed by atoms with Crippen molar-refractivity contribution in [3.8, 4) is 0 Å². The molecule has 0 heterocycles. The first-order valence-corrected chi connectivity index (χ1v) is 6.94. The third-order valence-electron chi connectivity index (χ3n) is 2.68. The van der Waals surface area contributed by atoms with E-state index in [2.05, 4.69) is 15.4 Å². The van der Waals surface area contributed by atoms with E-state index in [1.807, 2.05) is 0 Å². The maximum Gasteiger partial charge on any atom is 0.330 e. The molecule has 0 aliphatic carbocycles. The zero-order valence-corrected chi connectivity index (χ0v) is 13.3. The number of esters is 1. The van der Waals surface area contributed by atoms with Gasteiger partial charge in [0.25, 0.3) is 5.91 Å². The number of carbonyl (C=O) groups is 3. The Morgan fingerprint density at radius 2 is 1.95 bits per heavy atom. The molecule has 2 amide bonds. The molecule has 0 fully saturated rings. The number of hydrogen-bond acceptors (Lipinski definition) is 4. The molecule has 0 aliphatic heterocycles. The van der Waals surface area contributed by atoms with Gasteiger partial charge in [-0.05, 0) is 31.5 Å². The van der Waals surface area contributed by atoms with Gasteiger partial charge in [-0.15, -0.1) is 0 Å². The van der Waals surface area contributed by atoms with Crippen molar-refractivity contribution >= 4 is 35.1 Å². The molecule has 1 rings (SSSR count). The lowest BCUT2D eigenvalue weighted by molar-refractivity contribution is -0.137. The maximum absolute atomic E-state index is 11.9. The van der Waals surface area contributed by atoms with Gasteiger partial charge in [0.2, 0.25) is 5.91 Å². The van der Waals surface area contributed by atoms with Crippen LogP contribution < -0.4 is 10.6 Å². The van der Waals surface area contributed by atoms with E-state index in [0.717, 1.165) is 12.2 Å². The fraction of sp³-hybridized carbons (Fsp3) is 0.267. The smallest absolute Gasteiger partial charge is 0.330 e. The third kappa shape index (κ3) is 4.89. The monoisotopic (exact) mass is 324 g/mol. The minimum Gasteiger partial charge on any atom is -0.463 e. The predicted octanol–water partition coefficient (Wildman–Crippen LogP) is 2.07. The lowest BCUT2D eigenvalue weighted by atomic mass is 10.1. The topological polar surface area (TPSA) is 84.5 Å². The summed E-state index contributed by atoms with van der Waals surface area (Å²) in [6.45, 7) is 3.60. The third-order valence-corrected chi connectivity index (χ3v) is 2.90. The number of rotatable bonds is 5. The molecule has 2 N–H and O–H groups in total. The van der Waals surface area contributed by atoms with Crippen LogP contribution in [0.2, 0.25) is 5.02 Å². The molecule has 22 heavy (non-hydrogen) atoms. The van der Waals surface area contributed by atoms with Gasteiger partial charge < -0.3 is 15.4 Å². The summed E-state index contributed by atoms with van der Waals surface area (Å²) in [7, 11) is 1.48. The molecule has 0 saturated heterocycles. The van der Waals surface area contributed by atoms with Gasteiger partial charge in [-0.1, -0.05) is 11.6 Å². The highest BCUT2D eigenvalue weighted by molar-refractivity contribution is 6.31. The molecular weight excluding hydrogens is 308 g/mol. The number of halogens is 1. The normalized spacial score (nSPS) is 10.4. The number of hydrogen-bond donors (Lipinski definition) is 2. The quantitative estimate of drug-likeness (QED) is 0.641. The largest absolute Gasteiger partial charge is 0.463 e. The lowest BCUT2D eigenvalue weighted by Gasteiger charge is -2.12. The molecular formula is C15H17ClN2O4. The van der Waals surface area contributed by atoms with Gasteiger partial charge in [-0.2, -0.15) is 0 Å². The highest BCUT2D eigenvalue weighted by Crippen LogP contribution is 2.25. The van der Waals surface area contributed by atoms with Crippen molar-refractivity contribution in [2.24, 2.45) is 0 Å². The van der Waals surface area contributed by atoms with Gasteiger partial charge in [0.15, 0.2) is 0 Å². The van der Waals surface area contributed by atoms with E-state index in [1.54, 1.807) is 19.9 Å². The minimum absolute atomic E-state index is 0.224. The average molecular weight is 325 g/mol. The van der Waals surface area contributed by atoms with E-state index in [0.29, 0.717) is 16.3 Å². The second kappa shape index (κ2) is 8.19. The molecule has 0 aliphatic rings. The lowest BCUT2D eigenvalue weighted by Crippen LogP contribution is -2.21. The molecule has 6 nitrogen and oxygen atoms in total. The minimum atomic E-state index is -0.614. The van der Waals surface area contributed by atoms with Gasteiger partial charge in [0.05, 0.1) is 17.9 Å². The molecule has 0 aromatic heterocycles. The van der Waals surface area contributed by atoms with Crippen LogP contribution in [0.4, 0.5) is 5.69 Å². The number of carbonyl (C=O) groups excluding carboxylic acids is 3. The van der Waals surface area contributed by atoms with E-state index in [9.17, 15) is 14.4 Å². The maximum atomic E-state index is 11.9. The van der Waals surface area contributed by atoms with E-state index in [1.165, 1.54) is 13.1 Å². The Balaban J connectivity index is 3.00. The van der Waals surface area contributed by atoms with Crippen molar-refractivity contribution in [1.29, 1.82) is 0 Å². The van der Waals surface area contributed by atoms with Crippen molar-refractivity contribution in [1.82, 2.24) is 5.32 Å². The number of anilines is 1. The molecule has 7 heteroatoms. The Morgan fingerprint density at radius 1 is 1.27 bits per heavy atom. The van der Waals surface area contributed by atoms with Crippen LogP contribution in [-0.2, 0) is 14.3 Å². The van der Waals surface area contributed by atoms with Crippen LogP contribution >= 0.6 is 11.6 Å². The van der Waals surface area contributed by atoms with Crippen molar-refractivity contribution in [3.63, 3.8) is 0 Å². The highest BCUT2D eigenvalue weighted by Gasteiger charge is 2.15. The SMILES string of the molecule is CCOC(=O)/C=C\C(=O)Nc1c(C)cc(Cl)cc1C(=O)NC. The van der Waals surface area contributed by atoms with Crippen molar-refractivity contribution in [2.75, 3.05) is 19.0 Å². The second-order valence-corrected chi connectivity index (χ2v) is 4.74. The molecule has 1 aromatic rings. The standard InChI is InChI=1S/C15H17ClN2O4/c1-4-22-13(20)6-5-12(19)18-14-9(2)7-10(16)8-11(14)15(21)17-3/h5-8H,4H2,1-3H3,(H,17,21)(H,18,19)/b6-5-. The number of aryl methyl sites for hydroxylation is 1. The first-order valence-electron chi connectivity index (χ1n) is 6.57. The van der Waals surface area contributed by atoms with Crippen molar-refractivity contribution in [2.45, 2.75) is 13.8 Å². The van der Waals surface area contributed by atoms with Crippen LogP contribution in [0.5, 0.6) is 0 Å². The average Bonchev–Trinajstić information content (AvgIpc) is 2.47. The Hall–Kier alpha value is -2.34. The highest BCUT2D eigenvalue weighted by atomic mass is 35.5. The summed E-state index contributed by atoms with van der Waals surface area (Å²) in [5, 5.41) is 5.43. The van der Waals surface area contributed by atoms with Crippen LogP contribution in [-0.4, -0.2) is 31.4 Å². The number of ether oxygens (including phenoxy) is 1. The molecule has 0 saturated carbocycles. The van der Waals surface area contributed by atoms with Gasteiger partial charge in [0, 0.05) is 24.2 Å². The summed E-state index contributed by atoms with van der Waals surface area (Å²) in [5.41, 5.74) is 1.21. The molecule has 118 valence electrons. The zero-order valence-electron chi connectivity index (χ0n) is 12.5. The molecule has 0 bridgehead atoms. The second-order valence-electron chi connectivity index (χ2n) is 4.30. The first kappa shape index (κ1) is 17.7. The summed E-state index contributed by atoms with van der Waals surface area (Å²) in [6, 6.07) is 3.08. The van der Waals surface area contributed by atoms with Crippen LogP contribution in [0.25, 0.3) is 0 Å². The zero-order chi connectivity index (χ0) is 16.7. The Morgan fingerprint density at radius 3 is 2.55 bits per heavy atom. The summed E-state index contributed by atoms with van der Waals surface area (Å²) >= 11 is 5.93. The van der Waals surface area contributed by atoms with Crippen molar-refractivity contribution in [3.05, 3.63) is 40.4 Å². The predicted molar refractivity (Wildman–Crippen MR) is 84.0 cm³/mol. The van der Waals surface area contributed by atoms with Crippen molar-refractivity contribution < 1.29 is 19.1 Å². The number of nitrogens with one attached hydrogen (secondary N) is 2. The van der Waals surface area contributed by atoms with Gasteiger partial charge >= 0.3 is 5.97 Å². The Bertz CT molecular complexity index is 626. The van der Waals surface area contributed by atoms with Crippen LogP contribution in [0.1, 0.15) is 22.8 Å². The fourth-order valence-corrected chi connectivity index (χ4v) is 1.99. The number of amides is 2. The van der Waals surface area contributed by atoms with E-state index in [-0.39, 0.29) is 18.1 Å². The molecule has 0 atom stereocenters. The first-order chi connectivity index (χ1) is 10.4. The van der Waals surface area contributed by atoms with Gasteiger partial charge in [-0.25, -0.2) is 4.79 Å². The molecule has 1 aromatic carbocycles. The van der Waals surface area contributed by atoms with E-state index >= 15 is 0 Å². The Labute approximate surface area is 133 Å². The van der Waals surface area contributed by atoms with Gasteiger partial charge in [0.1, 0.15) is 0 Å². The Kier molecular flexibility index (Phi) is 6.59. The summed E-state index contributed by atoms with van der Waals surface area (Å²) in [6.07, 6.45) is 2.06. The van der Waals surface area contributed by atoms with Crippen LogP contribution in [0.3, 0.4) is 0 Å². The van der Waals surface area contributed by atoms with Gasteiger partial charge in [-0.3, -0.25) is 9.59 Å². The summed E-state index contributed by atoms with van der Waals surface area (Å²) in [4.78, 5) is 34.9. The fourth-order valence-electron chi connectivity index (χ4n) is 1.72. The summed E-state index contributed by atoms with van der Waals surface area (Å²) in [5.74, 6) is -1.55. The molecule has 0 unspecified atom stereocenters. The number of benzene rings is 1. The van der Waals surface area contributed by atoms with E-state index < -0.39 is 11.9 Å². The molecule has 0 spiro atoms. The van der Waals surface area contributed by atoms with Crippen LogP contribution in [0.15, 0.2) is 24.3 Å². The summed E-state index contributed by atoms with van der Waals surface area (Å²) < 4.78 is 4.67. The van der Waals surface area contributed by atoms with E-state index in [4.69, 9.17) is 11.6 Å². The molecule has 0 radical (unpaired) electrons.